The van der Waals surface area contributed by atoms with Gasteiger partial charge in [-0.3, -0.25) is 0 Å². The maximum Gasteiger partial charge on any atom is 0.139 e. The summed E-state index contributed by atoms with van der Waals surface area (Å²) in [4.78, 5) is 0. The molecular formula is C6H10N4. The van der Waals surface area contributed by atoms with Crippen molar-refractivity contribution in [2.24, 2.45) is 0 Å². The first-order valence-corrected chi connectivity index (χ1v) is 3.31. The second kappa shape index (κ2) is 2.13. The van der Waals surface area contributed by atoms with Crippen LogP contribution in [0.5, 0.6) is 0 Å². The molecule has 0 saturated heterocycles. The van der Waals surface area contributed by atoms with Gasteiger partial charge in [0.2, 0.25) is 0 Å². The standard InChI is InChI=1S/C6H10N4/c1-2-9-6(8-1)5-3-7-4-10-5/h1-3,6-10H,4H2. The lowest BCUT2D eigenvalue weighted by Gasteiger charge is -2.12. The molecule has 2 heterocycles. The zero-order chi connectivity index (χ0) is 6.81. The van der Waals surface area contributed by atoms with Crippen molar-refractivity contribution in [3.8, 4) is 0 Å². The molecule has 4 N–H and O–H groups in total. The Bertz CT molecular complexity index is 176. The average molecular weight is 138 g/mol. The summed E-state index contributed by atoms with van der Waals surface area (Å²) in [6.45, 7) is 0.829. The Labute approximate surface area is 59.4 Å². The lowest BCUT2D eigenvalue weighted by Crippen LogP contribution is -2.37. The summed E-state index contributed by atoms with van der Waals surface area (Å²) in [5.74, 6) is 0. The predicted octanol–water partition coefficient (Wildman–Crippen LogP) is -1.03. The number of hydrogen-bond donors (Lipinski definition) is 4. The van der Waals surface area contributed by atoms with Gasteiger partial charge >= 0.3 is 0 Å². The zero-order valence-corrected chi connectivity index (χ0v) is 5.52. The maximum atomic E-state index is 3.18. The third-order valence-electron chi connectivity index (χ3n) is 1.57. The summed E-state index contributed by atoms with van der Waals surface area (Å²) in [6.07, 6.45) is 5.99. The molecule has 2 aliphatic rings. The highest BCUT2D eigenvalue weighted by Gasteiger charge is 2.15. The van der Waals surface area contributed by atoms with E-state index in [4.69, 9.17) is 0 Å². The first-order valence-electron chi connectivity index (χ1n) is 3.31. The minimum atomic E-state index is 0.231. The van der Waals surface area contributed by atoms with Gasteiger partial charge in [0, 0.05) is 18.6 Å². The van der Waals surface area contributed by atoms with Crippen molar-refractivity contribution in [3.63, 3.8) is 0 Å². The molecule has 4 nitrogen and oxygen atoms in total. The zero-order valence-electron chi connectivity index (χ0n) is 5.52. The normalized spacial score (nSPS) is 22.6. The highest BCUT2D eigenvalue weighted by Crippen LogP contribution is 2.00. The van der Waals surface area contributed by atoms with E-state index in [1.54, 1.807) is 0 Å². The van der Waals surface area contributed by atoms with Crippen LogP contribution in [0.15, 0.2) is 24.3 Å². The van der Waals surface area contributed by atoms with Crippen LogP contribution in [0.4, 0.5) is 0 Å². The van der Waals surface area contributed by atoms with Crippen molar-refractivity contribution in [3.05, 3.63) is 24.3 Å². The quantitative estimate of drug-likeness (QED) is 0.374. The summed E-state index contributed by atoms with van der Waals surface area (Å²) < 4.78 is 0. The summed E-state index contributed by atoms with van der Waals surface area (Å²) in [5, 5.41) is 12.5. The minimum absolute atomic E-state index is 0.231. The molecule has 54 valence electrons. The molecule has 0 bridgehead atoms. The molecule has 0 saturated carbocycles. The van der Waals surface area contributed by atoms with Crippen LogP contribution in [-0.4, -0.2) is 12.8 Å². The summed E-state index contributed by atoms with van der Waals surface area (Å²) in [5.41, 5.74) is 1.16. The largest absolute Gasteiger partial charge is 0.372 e. The minimum Gasteiger partial charge on any atom is -0.372 e. The Hall–Kier alpha value is -1.32. The summed E-state index contributed by atoms with van der Waals surface area (Å²) in [6, 6.07) is 0. The van der Waals surface area contributed by atoms with Crippen molar-refractivity contribution >= 4 is 0 Å². The van der Waals surface area contributed by atoms with Gasteiger partial charge in [-0.25, -0.2) is 0 Å². The van der Waals surface area contributed by atoms with E-state index in [1.807, 2.05) is 18.6 Å². The Balaban J connectivity index is 1.99. The predicted molar refractivity (Wildman–Crippen MR) is 38.4 cm³/mol. The van der Waals surface area contributed by atoms with Gasteiger partial charge in [0.15, 0.2) is 0 Å². The van der Waals surface area contributed by atoms with Crippen LogP contribution in [0.2, 0.25) is 0 Å². The van der Waals surface area contributed by atoms with Gasteiger partial charge in [0.1, 0.15) is 6.17 Å². The first-order chi connectivity index (χ1) is 4.97. The van der Waals surface area contributed by atoms with Crippen LogP contribution in [0.3, 0.4) is 0 Å². The smallest absolute Gasteiger partial charge is 0.139 e. The van der Waals surface area contributed by atoms with Crippen molar-refractivity contribution in [1.29, 1.82) is 0 Å². The van der Waals surface area contributed by atoms with E-state index in [9.17, 15) is 0 Å². The van der Waals surface area contributed by atoms with Crippen molar-refractivity contribution in [2.75, 3.05) is 6.67 Å². The van der Waals surface area contributed by atoms with E-state index < -0.39 is 0 Å². The number of hydrogen-bond acceptors (Lipinski definition) is 4. The third-order valence-corrected chi connectivity index (χ3v) is 1.57. The van der Waals surface area contributed by atoms with E-state index in [0.29, 0.717) is 0 Å². The Morgan fingerprint density at radius 2 is 2.10 bits per heavy atom. The Kier molecular flexibility index (Phi) is 1.16. The number of rotatable bonds is 1. The second-order valence-corrected chi connectivity index (χ2v) is 2.26. The van der Waals surface area contributed by atoms with Crippen LogP contribution in [-0.2, 0) is 0 Å². The fourth-order valence-corrected chi connectivity index (χ4v) is 1.07. The van der Waals surface area contributed by atoms with Crippen LogP contribution in [0.25, 0.3) is 0 Å². The maximum absolute atomic E-state index is 3.18. The highest BCUT2D eigenvalue weighted by atomic mass is 15.2. The summed E-state index contributed by atoms with van der Waals surface area (Å²) >= 11 is 0. The molecule has 0 unspecified atom stereocenters. The van der Waals surface area contributed by atoms with E-state index in [2.05, 4.69) is 21.3 Å². The van der Waals surface area contributed by atoms with Gasteiger partial charge in [-0.15, -0.1) is 0 Å². The lowest BCUT2D eigenvalue weighted by atomic mass is 10.4. The molecule has 0 fully saturated rings. The lowest BCUT2D eigenvalue weighted by molar-refractivity contribution is 0.610. The Morgan fingerprint density at radius 3 is 2.70 bits per heavy atom. The fourth-order valence-electron chi connectivity index (χ4n) is 1.07. The SMILES string of the molecule is C1=CNC(C2=CNCN2)N1. The van der Waals surface area contributed by atoms with Gasteiger partial charge in [-0.05, 0) is 0 Å². The second-order valence-electron chi connectivity index (χ2n) is 2.26. The van der Waals surface area contributed by atoms with E-state index in [1.165, 1.54) is 0 Å². The molecular weight excluding hydrogens is 128 g/mol. The molecule has 4 heteroatoms. The fraction of sp³-hybridized carbons (Fsp3) is 0.333. The van der Waals surface area contributed by atoms with Gasteiger partial charge < -0.3 is 21.3 Å². The highest BCUT2D eigenvalue weighted by molar-refractivity contribution is 5.15. The summed E-state index contributed by atoms with van der Waals surface area (Å²) in [7, 11) is 0. The Morgan fingerprint density at radius 1 is 1.30 bits per heavy atom. The van der Waals surface area contributed by atoms with Gasteiger partial charge in [-0.1, -0.05) is 0 Å². The molecule has 0 radical (unpaired) electrons. The van der Waals surface area contributed by atoms with Crippen LogP contribution in [0.1, 0.15) is 0 Å². The third kappa shape index (κ3) is 0.775. The molecule has 2 rings (SSSR count). The van der Waals surface area contributed by atoms with Crippen molar-refractivity contribution in [2.45, 2.75) is 6.17 Å². The molecule has 0 aromatic heterocycles. The molecule has 0 aliphatic carbocycles. The molecule has 0 atom stereocenters. The van der Waals surface area contributed by atoms with Crippen LogP contribution in [0, 0.1) is 0 Å². The molecule has 0 spiro atoms. The molecule has 0 aromatic rings. The van der Waals surface area contributed by atoms with Gasteiger partial charge in [0.05, 0.1) is 12.4 Å². The van der Waals surface area contributed by atoms with Gasteiger partial charge in [-0.2, -0.15) is 0 Å². The molecule has 0 amide bonds. The topological polar surface area (TPSA) is 48.1 Å². The molecule has 10 heavy (non-hydrogen) atoms. The monoisotopic (exact) mass is 138 g/mol. The van der Waals surface area contributed by atoms with E-state index >= 15 is 0 Å². The van der Waals surface area contributed by atoms with E-state index in [0.717, 1.165) is 12.4 Å². The van der Waals surface area contributed by atoms with Crippen molar-refractivity contribution < 1.29 is 0 Å². The average Bonchev–Trinajstić information content (AvgIpc) is 2.59. The van der Waals surface area contributed by atoms with Crippen LogP contribution >= 0.6 is 0 Å². The molecule has 0 aromatic carbocycles. The van der Waals surface area contributed by atoms with Crippen molar-refractivity contribution in [1.82, 2.24) is 21.3 Å². The molecule has 2 aliphatic heterocycles. The number of nitrogens with one attached hydrogen (secondary N) is 4. The van der Waals surface area contributed by atoms with Crippen LogP contribution < -0.4 is 21.3 Å². The first kappa shape index (κ1) is 5.46. The van der Waals surface area contributed by atoms with E-state index in [-0.39, 0.29) is 6.17 Å². The van der Waals surface area contributed by atoms with Gasteiger partial charge in [0.25, 0.3) is 0 Å².